The van der Waals surface area contributed by atoms with Crippen LogP contribution in [0.25, 0.3) is 6.08 Å². The van der Waals surface area contributed by atoms with Crippen LogP contribution in [0.3, 0.4) is 0 Å². The summed E-state index contributed by atoms with van der Waals surface area (Å²) in [5, 5.41) is 3.99. The van der Waals surface area contributed by atoms with Crippen LogP contribution in [0.15, 0.2) is 55.1 Å². The summed E-state index contributed by atoms with van der Waals surface area (Å²) in [4.78, 5) is 19.9. The molecular formula is C18H14N5O. The minimum absolute atomic E-state index is 0.444. The first-order valence-electron chi connectivity index (χ1n) is 7.50. The molecule has 6 heteroatoms. The van der Waals surface area contributed by atoms with Crippen LogP contribution < -0.4 is 5.73 Å². The number of hydrogen-bond donors (Lipinski definition) is 1. The fraction of sp³-hybridized carbons (Fsp3) is 0.111. The lowest BCUT2D eigenvalue weighted by molar-refractivity contribution is 0.246. The normalized spacial score (nSPS) is 15.0. The Bertz CT molecular complexity index is 876. The fourth-order valence-corrected chi connectivity index (χ4v) is 3.24. The molecule has 3 aromatic rings. The summed E-state index contributed by atoms with van der Waals surface area (Å²) in [7, 11) is 0. The van der Waals surface area contributed by atoms with Gasteiger partial charge in [-0.25, -0.2) is 4.79 Å². The summed E-state index contributed by atoms with van der Waals surface area (Å²) >= 11 is 0. The molecule has 0 unspecified atom stereocenters. The van der Waals surface area contributed by atoms with Gasteiger partial charge in [0.05, 0.1) is 5.69 Å². The van der Waals surface area contributed by atoms with Crippen LogP contribution in [0.5, 0.6) is 0 Å². The Morgan fingerprint density at radius 3 is 2.21 bits per heavy atom. The van der Waals surface area contributed by atoms with Crippen molar-refractivity contribution < 1.29 is 4.79 Å². The molecule has 0 spiro atoms. The standard InChI is InChI=1S/C18H14N5O/c19-17(24)23-16-11-18(6-1-13(16)12-22-23,14-2-7-20-8-3-14)15-4-9-21-10-5-15/h1-10H,11H2,(H2,19,24). The van der Waals surface area contributed by atoms with Crippen molar-refractivity contribution in [1.29, 1.82) is 0 Å². The van der Waals surface area contributed by atoms with Crippen LogP contribution in [0.2, 0.25) is 0 Å². The summed E-state index contributed by atoms with van der Waals surface area (Å²) in [6.45, 7) is 0. The van der Waals surface area contributed by atoms with Crippen LogP contribution in [-0.2, 0) is 11.8 Å². The molecule has 6 nitrogen and oxygen atoms in total. The molecule has 0 bridgehead atoms. The Hall–Kier alpha value is -3.28. The van der Waals surface area contributed by atoms with E-state index >= 15 is 0 Å². The molecule has 0 aromatic carbocycles. The van der Waals surface area contributed by atoms with Gasteiger partial charge in [0.2, 0.25) is 0 Å². The van der Waals surface area contributed by atoms with Gasteiger partial charge in [-0.1, -0.05) is 12.2 Å². The van der Waals surface area contributed by atoms with E-state index in [9.17, 15) is 4.79 Å². The van der Waals surface area contributed by atoms with Gasteiger partial charge in [-0.15, -0.1) is 0 Å². The van der Waals surface area contributed by atoms with E-state index in [1.165, 1.54) is 4.68 Å². The first-order chi connectivity index (χ1) is 11.7. The van der Waals surface area contributed by atoms with E-state index in [-0.39, 0.29) is 0 Å². The van der Waals surface area contributed by atoms with Crippen molar-refractivity contribution in [3.63, 3.8) is 0 Å². The third-order valence-corrected chi connectivity index (χ3v) is 4.42. The lowest BCUT2D eigenvalue weighted by atomic mass is 9.69. The van der Waals surface area contributed by atoms with Gasteiger partial charge in [0.25, 0.3) is 0 Å². The Kier molecular flexibility index (Phi) is 3.23. The summed E-state index contributed by atoms with van der Waals surface area (Å²) < 4.78 is 1.22. The minimum atomic E-state index is -0.610. The molecule has 3 heterocycles. The maximum Gasteiger partial charge on any atom is 0.339 e. The number of primary amides is 1. The number of aromatic nitrogens is 4. The number of amides is 1. The van der Waals surface area contributed by atoms with Crippen molar-refractivity contribution in [1.82, 2.24) is 19.7 Å². The van der Waals surface area contributed by atoms with E-state index in [0.29, 0.717) is 6.42 Å². The number of rotatable bonds is 2. The summed E-state index contributed by atoms with van der Waals surface area (Å²) in [5.41, 5.74) is 8.68. The zero-order valence-electron chi connectivity index (χ0n) is 12.8. The molecule has 0 atom stereocenters. The molecule has 24 heavy (non-hydrogen) atoms. The first-order valence-corrected chi connectivity index (χ1v) is 7.50. The van der Waals surface area contributed by atoms with Gasteiger partial charge in [-0.2, -0.15) is 9.78 Å². The maximum atomic E-state index is 11.7. The van der Waals surface area contributed by atoms with E-state index in [2.05, 4.69) is 27.3 Å². The highest BCUT2D eigenvalue weighted by Crippen LogP contribution is 2.41. The van der Waals surface area contributed by atoms with Crippen molar-refractivity contribution in [2.45, 2.75) is 11.8 Å². The van der Waals surface area contributed by atoms with E-state index in [1.54, 1.807) is 24.8 Å². The molecule has 0 saturated heterocycles. The molecule has 0 aliphatic heterocycles. The van der Waals surface area contributed by atoms with Gasteiger partial charge in [-0.3, -0.25) is 9.97 Å². The average Bonchev–Trinajstić information content (AvgIpc) is 3.06. The van der Waals surface area contributed by atoms with Gasteiger partial charge < -0.3 is 5.73 Å². The van der Waals surface area contributed by atoms with Gasteiger partial charge in [0.15, 0.2) is 0 Å². The molecule has 0 saturated carbocycles. The van der Waals surface area contributed by atoms with E-state index in [1.807, 2.05) is 30.3 Å². The second kappa shape index (κ2) is 5.42. The van der Waals surface area contributed by atoms with Gasteiger partial charge in [0.1, 0.15) is 6.20 Å². The molecule has 0 fully saturated rings. The third-order valence-electron chi connectivity index (χ3n) is 4.42. The molecule has 1 radical (unpaired) electrons. The predicted molar refractivity (Wildman–Crippen MR) is 88.0 cm³/mol. The number of fused-ring (bicyclic) bond motifs is 1. The van der Waals surface area contributed by atoms with Crippen molar-refractivity contribution >= 4 is 12.1 Å². The Morgan fingerprint density at radius 1 is 1.08 bits per heavy atom. The van der Waals surface area contributed by atoms with Crippen LogP contribution in [0.4, 0.5) is 4.79 Å². The summed E-state index contributed by atoms with van der Waals surface area (Å²) in [6.07, 6.45) is 14.5. The number of nitrogens with zero attached hydrogens (tertiary/aromatic N) is 4. The van der Waals surface area contributed by atoms with Crippen molar-refractivity contribution in [2.24, 2.45) is 5.73 Å². The monoisotopic (exact) mass is 316 g/mol. The molecule has 1 amide bonds. The van der Waals surface area contributed by atoms with Crippen LogP contribution in [0.1, 0.15) is 22.4 Å². The molecule has 2 N–H and O–H groups in total. The molecule has 3 aromatic heterocycles. The molecule has 117 valence electrons. The summed E-state index contributed by atoms with van der Waals surface area (Å²) in [6, 6.07) is 7.30. The van der Waals surface area contributed by atoms with Gasteiger partial charge in [0, 0.05) is 42.2 Å². The highest BCUT2D eigenvalue weighted by atomic mass is 16.2. The quantitative estimate of drug-likeness (QED) is 0.783. The van der Waals surface area contributed by atoms with E-state index in [0.717, 1.165) is 22.4 Å². The number of allylic oxidation sites excluding steroid dienone is 1. The molecule has 4 rings (SSSR count). The van der Waals surface area contributed by atoms with Gasteiger partial charge in [-0.05, 0) is 35.4 Å². The first kappa shape index (κ1) is 14.3. The number of pyridine rings is 2. The zero-order chi connectivity index (χ0) is 16.6. The Morgan fingerprint density at radius 2 is 1.67 bits per heavy atom. The second-order valence-corrected chi connectivity index (χ2v) is 5.68. The lowest BCUT2D eigenvalue weighted by Crippen LogP contribution is -2.33. The van der Waals surface area contributed by atoms with E-state index in [4.69, 9.17) is 5.73 Å². The predicted octanol–water partition coefficient (Wildman–Crippen LogP) is 1.96. The molecule has 1 aliphatic rings. The lowest BCUT2D eigenvalue weighted by Gasteiger charge is -2.34. The van der Waals surface area contributed by atoms with Crippen LogP contribution in [-0.4, -0.2) is 25.8 Å². The average molecular weight is 316 g/mol. The minimum Gasteiger partial charge on any atom is -0.350 e. The van der Waals surface area contributed by atoms with Gasteiger partial charge >= 0.3 is 6.03 Å². The largest absolute Gasteiger partial charge is 0.350 e. The van der Waals surface area contributed by atoms with Crippen LogP contribution >= 0.6 is 0 Å². The molecular weight excluding hydrogens is 302 g/mol. The number of carbonyl (C=O) groups is 1. The SMILES string of the molecule is NC(=O)n1n[c]c2c1CC(c1ccncc1)(c1ccncc1)C=C2. The Labute approximate surface area is 138 Å². The van der Waals surface area contributed by atoms with Crippen molar-refractivity contribution in [3.8, 4) is 0 Å². The molecule has 1 aliphatic carbocycles. The van der Waals surface area contributed by atoms with Crippen LogP contribution in [0, 0.1) is 6.20 Å². The number of nitrogens with two attached hydrogens (primary N) is 1. The topological polar surface area (TPSA) is 86.7 Å². The smallest absolute Gasteiger partial charge is 0.339 e. The highest BCUT2D eigenvalue weighted by molar-refractivity contribution is 5.76. The van der Waals surface area contributed by atoms with E-state index < -0.39 is 11.4 Å². The Balaban J connectivity index is 1.93. The number of hydrogen-bond acceptors (Lipinski definition) is 4. The highest BCUT2D eigenvalue weighted by Gasteiger charge is 2.37. The number of carbonyl (C=O) groups excluding carboxylic acids is 1. The maximum absolute atomic E-state index is 11.7. The zero-order valence-corrected chi connectivity index (χ0v) is 12.8. The fourth-order valence-electron chi connectivity index (χ4n) is 3.24. The van der Waals surface area contributed by atoms with Crippen molar-refractivity contribution in [3.05, 3.63) is 83.7 Å². The van der Waals surface area contributed by atoms with Crippen molar-refractivity contribution in [2.75, 3.05) is 0 Å². The third kappa shape index (κ3) is 2.11. The second-order valence-electron chi connectivity index (χ2n) is 5.68. The summed E-state index contributed by atoms with van der Waals surface area (Å²) in [5.74, 6) is 0.